The van der Waals surface area contributed by atoms with Crippen molar-refractivity contribution in [2.24, 2.45) is 46.3 Å². The standard InChI is InChI=1S/C34H44O9/c1-33-13-12-22(35)16-21(33)17-27(36)32-25-8-7-24(34(25,2)28(37)18-26(32)33)20(6-9-29(38)39)14-19-4-3-5-23(15-19)43-31(42)11-10-30(40)41/h3-5,15,20-22,24-26,32,35H,6-14,16-18H2,1-2H3,(H,38,39)(H,40,41)/t20-,21?,22?,24+,25-,26-,32-,33-,34+/m0/s1. The number of aliphatic hydroxyl groups excluding tert-OH is 1. The van der Waals surface area contributed by atoms with E-state index in [1.807, 2.05) is 13.0 Å². The third kappa shape index (κ3) is 6.02. The summed E-state index contributed by atoms with van der Waals surface area (Å²) in [5.41, 5.74) is -0.0205. The fourth-order valence-corrected chi connectivity index (χ4v) is 9.61. The quantitative estimate of drug-likeness (QED) is 0.254. The van der Waals surface area contributed by atoms with Crippen molar-refractivity contribution in [2.45, 2.75) is 97.0 Å². The smallest absolute Gasteiger partial charge is 0.311 e. The normalized spacial score (nSPS) is 35.8. The number of carbonyl (C=O) groups excluding carboxylic acids is 3. The minimum Gasteiger partial charge on any atom is -0.481 e. The number of rotatable bonds is 10. The van der Waals surface area contributed by atoms with Gasteiger partial charge in [-0.3, -0.25) is 24.0 Å². The summed E-state index contributed by atoms with van der Waals surface area (Å²) in [5.74, 6) is -2.30. The van der Waals surface area contributed by atoms with Crippen LogP contribution < -0.4 is 4.74 Å². The molecule has 4 saturated carbocycles. The van der Waals surface area contributed by atoms with Gasteiger partial charge in [-0.05, 0) is 97.6 Å². The molecule has 0 aromatic heterocycles. The lowest BCUT2D eigenvalue weighted by Gasteiger charge is -2.59. The van der Waals surface area contributed by atoms with Gasteiger partial charge in [-0.2, -0.15) is 0 Å². The topological polar surface area (TPSA) is 155 Å². The lowest BCUT2D eigenvalue weighted by atomic mass is 9.43. The van der Waals surface area contributed by atoms with Crippen molar-refractivity contribution in [3.05, 3.63) is 29.8 Å². The summed E-state index contributed by atoms with van der Waals surface area (Å²) in [4.78, 5) is 62.6. The summed E-state index contributed by atoms with van der Waals surface area (Å²) in [6.45, 7) is 4.25. The molecule has 234 valence electrons. The van der Waals surface area contributed by atoms with Crippen LogP contribution >= 0.6 is 0 Å². The number of benzene rings is 1. The third-order valence-corrected chi connectivity index (χ3v) is 11.8. The van der Waals surface area contributed by atoms with Gasteiger partial charge in [0.2, 0.25) is 0 Å². The number of aliphatic carboxylic acids is 2. The Bertz CT molecular complexity index is 1290. The average molecular weight is 597 g/mol. The zero-order valence-corrected chi connectivity index (χ0v) is 25.1. The number of ether oxygens (including phenoxy) is 1. The molecule has 0 radical (unpaired) electrons. The zero-order chi connectivity index (χ0) is 31.1. The van der Waals surface area contributed by atoms with Crippen LogP contribution in [0.3, 0.4) is 0 Å². The summed E-state index contributed by atoms with van der Waals surface area (Å²) in [6, 6.07) is 6.98. The van der Waals surface area contributed by atoms with Crippen molar-refractivity contribution in [3.63, 3.8) is 0 Å². The van der Waals surface area contributed by atoms with Crippen LogP contribution in [-0.4, -0.2) is 50.9 Å². The number of ketones is 2. The van der Waals surface area contributed by atoms with Crippen LogP contribution in [0.5, 0.6) is 5.75 Å². The lowest BCUT2D eigenvalue weighted by Crippen LogP contribution is -2.60. The van der Waals surface area contributed by atoms with Gasteiger partial charge in [-0.15, -0.1) is 0 Å². The van der Waals surface area contributed by atoms with Gasteiger partial charge in [-0.25, -0.2) is 0 Å². The Morgan fingerprint density at radius 3 is 2.44 bits per heavy atom. The highest BCUT2D eigenvalue weighted by atomic mass is 16.5. The first-order valence-corrected chi connectivity index (χ1v) is 15.8. The first kappa shape index (κ1) is 31.4. The molecule has 9 atom stereocenters. The molecular formula is C34H44O9. The largest absolute Gasteiger partial charge is 0.481 e. The van der Waals surface area contributed by atoms with Crippen LogP contribution in [0.1, 0.15) is 90.0 Å². The average Bonchev–Trinajstić information content (AvgIpc) is 3.30. The summed E-state index contributed by atoms with van der Waals surface area (Å²) in [5, 5.41) is 28.7. The minimum absolute atomic E-state index is 0.0134. The Kier molecular flexibility index (Phi) is 8.85. The van der Waals surface area contributed by atoms with E-state index in [1.54, 1.807) is 18.2 Å². The number of carboxylic acids is 2. The van der Waals surface area contributed by atoms with Crippen LogP contribution in [0.2, 0.25) is 0 Å². The van der Waals surface area contributed by atoms with Gasteiger partial charge in [0.25, 0.3) is 0 Å². The summed E-state index contributed by atoms with van der Waals surface area (Å²) < 4.78 is 5.36. The monoisotopic (exact) mass is 596 g/mol. The molecule has 9 nitrogen and oxygen atoms in total. The molecule has 0 spiro atoms. The summed E-state index contributed by atoms with van der Waals surface area (Å²) in [6.07, 6.45) is 4.36. The van der Waals surface area contributed by atoms with E-state index in [9.17, 15) is 34.2 Å². The van der Waals surface area contributed by atoms with E-state index in [0.29, 0.717) is 44.3 Å². The first-order valence-electron chi connectivity index (χ1n) is 15.8. The Morgan fingerprint density at radius 1 is 0.977 bits per heavy atom. The Hall–Kier alpha value is -3.07. The molecule has 0 saturated heterocycles. The first-order chi connectivity index (χ1) is 20.3. The molecule has 0 heterocycles. The van der Waals surface area contributed by atoms with E-state index in [4.69, 9.17) is 9.84 Å². The highest BCUT2D eigenvalue weighted by Crippen LogP contribution is 2.66. The molecule has 0 aliphatic heterocycles. The van der Waals surface area contributed by atoms with Gasteiger partial charge in [0, 0.05) is 30.6 Å². The van der Waals surface area contributed by atoms with Crippen LogP contribution in [0.4, 0.5) is 0 Å². The number of fused-ring (bicyclic) bond motifs is 5. The fraction of sp³-hybridized carbons (Fsp3) is 0.676. The molecule has 3 N–H and O–H groups in total. The van der Waals surface area contributed by atoms with Crippen molar-refractivity contribution in [2.75, 3.05) is 0 Å². The number of Topliss-reactive ketones (excluding diaryl/α,β-unsaturated/α-hetero) is 2. The van der Waals surface area contributed by atoms with Crippen molar-refractivity contribution in [3.8, 4) is 5.75 Å². The molecule has 1 aromatic rings. The van der Waals surface area contributed by atoms with Crippen LogP contribution in [-0.2, 0) is 30.4 Å². The Labute approximate surface area is 252 Å². The summed E-state index contributed by atoms with van der Waals surface area (Å²) in [7, 11) is 0. The molecule has 0 bridgehead atoms. The number of carboxylic acid groups (broad SMARTS) is 2. The van der Waals surface area contributed by atoms with Crippen LogP contribution in [0, 0.1) is 46.3 Å². The van der Waals surface area contributed by atoms with Gasteiger partial charge < -0.3 is 20.1 Å². The van der Waals surface area contributed by atoms with Gasteiger partial charge in [-0.1, -0.05) is 26.0 Å². The molecular weight excluding hydrogens is 552 g/mol. The van der Waals surface area contributed by atoms with Crippen LogP contribution in [0.15, 0.2) is 24.3 Å². The summed E-state index contributed by atoms with van der Waals surface area (Å²) >= 11 is 0. The van der Waals surface area contributed by atoms with E-state index >= 15 is 0 Å². The highest BCUT2D eigenvalue weighted by Gasteiger charge is 2.66. The van der Waals surface area contributed by atoms with Crippen molar-refractivity contribution in [1.82, 2.24) is 0 Å². The maximum absolute atomic E-state index is 14.3. The Balaban J connectivity index is 1.39. The maximum Gasteiger partial charge on any atom is 0.311 e. The predicted octanol–water partition coefficient (Wildman–Crippen LogP) is 4.86. The zero-order valence-electron chi connectivity index (χ0n) is 25.1. The molecule has 9 heteroatoms. The molecule has 4 aliphatic rings. The second-order valence-electron chi connectivity index (χ2n) is 14.0. The van der Waals surface area contributed by atoms with E-state index in [0.717, 1.165) is 24.8 Å². The predicted molar refractivity (Wildman–Crippen MR) is 155 cm³/mol. The van der Waals surface area contributed by atoms with Gasteiger partial charge in [0.05, 0.1) is 18.9 Å². The molecule has 4 aliphatic carbocycles. The van der Waals surface area contributed by atoms with E-state index in [2.05, 4.69) is 6.92 Å². The molecule has 4 fully saturated rings. The van der Waals surface area contributed by atoms with Crippen molar-refractivity contribution in [1.29, 1.82) is 0 Å². The van der Waals surface area contributed by atoms with E-state index < -0.39 is 23.3 Å². The maximum atomic E-state index is 14.3. The van der Waals surface area contributed by atoms with Gasteiger partial charge in [0.1, 0.15) is 17.3 Å². The third-order valence-electron chi connectivity index (χ3n) is 11.8. The van der Waals surface area contributed by atoms with Gasteiger partial charge in [0.15, 0.2) is 0 Å². The molecule has 2 unspecified atom stereocenters. The molecule has 5 rings (SSSR count). The SMILES string of the molecule is C[C@]12C(=O)C[C@H]3[C@@H](C(=O)CC4CC(O)CC[C@@]43C)[C@@H]1CC[C@@H]2[C@@H](CCC(=O)O)Cc1cccc(OC(=O)CCC(=O)O)c1. The molecule has 43 heavy (non-hydrogen) atoms. The number of hydrogen-bond acceptors (Lipinski definition) is 7. The highest BCUT2D eigenvalue weighted by molar-refractivity contribution is 5.92. The minimum atomic E-state index is -1.08. The fourth-order valence-electron chi connectivity index (χ4n) is 9.61. The Morgan fingerprint density at radius 2 is 1.72 bits per heavy atom. The molecule has 0 amide bonds. The number of esters is 1. The number of aliphatic hydroxyl groups is 1. The second kappa shape index (κ2) is 12.1. The lowest BCUT2D eigenvalue weighted by molar-refractivity contribution is -0.168. The number of hydrogen-bond donors (Lipinski definition) is 3. The van der Waals surface area contributed by atoms with E-state index in [1.165, 1.54) is 0 Å². The molecule has 1 aromatic carbocycles. The number of carbonyl (C=O) groups is 5. The van der Waals surface area contributed by atoms with Crippen molar-refractivity contribution >= 4 is 29.5 Å². The van der Waals surface area contributed by atoms with Gasteiger partial charge >= 0.3 is 17.9 Å². The van der Waals surface area contributed by atoms with Crippen LogP contribution in [0.25, 0.3) is 0 Å². The van der Waals surface area contributed by atoms with E-state index in [-0.39, 0.29) is 77.9 Å². The second-order valence-corrected chi connectivity index (χ2v) is 14.0. The van der Waals surface area contributed by atoms with Crippen molar-refractivity contribution < 1.29 is 44.0 Å².